The summed E-state index contributed by atoms with van der Waals surface area (Å²) in [7, 11) is 0. The number of pyridine rings is 3. The summed E-state index contributed by atoms with van der Waals surface area (Å²) >= 11 is 0. The molecule has 5 nitrogen and oxygen atoms in total. The minimum Gasteiger partial charge on any atom is -0.254 e. The van der Waals surface area contributed by atoms with E-state index in [9.17, 15) is 0 Å². The van der Waals surface area contributed by atoms with Crippen LogP contribution in [0.15, 0.2) is 213 Å². The SMILES string of the molecule is c1ccc(-c2cc(-c3ccc(-c4ccc(-c5ccc(-c6cc(-c7ccccc7)nc(-c7ccccc7)n6)cc5)cc4)cn3)nc(-c3cc4ccccc4cn3)c2)cc1. The van der Waals surface area contributed by atoms with Crippen LogP contribution in [0.5, 0.6) is 0 Å². The molecule has 4 heterocycles. The summed E-state index contributed by atoms with van der Waals surface area (Å²) < 4.78 is 0. The third-order valence-corrected chi connectivity index (χ3v) is 10.4. The normalized spacial score (nSPS) is 11.1. The molecule has 272 valence electrons. The molecule has 0 fully saturated rings. The zero-order chi connectivity index (χ0) is 38.7. The van der Waals surface area contributed by atoms with Crippen LogP contribution >= 0.6 is 0 Å². The lowest BCUT2D eigenvalue weighted by Gasteiger charge is -2.11. The third kappa shape index (κ3) is 7.16. The van der Waals surface area contributed by atoms with Crippen LogP contribution in [0.2, 0.25) is 0 Å². The van der Waals surface area contributed by atoms with Crippen LogP contribution in [0.25, 0.3) is 101 Å². The molecule has 0 radical (unpaired) electrons. The van der Waals surface area contributed by atoms with Crippen LogP contribution in [-0.2, 0) is 0 Å². The minimum absolute atomic E-state index is 0.708. The summed E-state index contributed by atoms with van der Waals surface area (Å²) in [6, 6.07) is 68.8. The zero-order valence-corrected chi connectivity index (χ0v) is 31.4. The molecular formula is C53H35N5. The molecule has 10 rings (SSSR count). The second-order valence-electron chi connectivity index (χ2n) is 14.2. The number of hydrogen-bond donors (Lipinski definition) is 0. The monoisotopic (exact) mass is 741 g/mol. The standard InChI is InChI=1S/C53H35N5/c1-4-12-36(13-5-1)46-31-51(56-52(32-46)50-30-43-18-10-11-19-44(43)34-55-50)47-29-28-45(35-54-47)39-22-20-37(21-23-39)38-24-26-41(27-25-38)49-33-48(40-14-6-2-7-15-40)57-53(58-49)42-16-8-3-9-17-42/h1-35H. The minimum atomic E-state index is 0.708. The molecule has 0 spiro atoms. The molecule has 0 saturated heterocycles. The summed E-state index contributed by atoms with van der Waals surface area (Å²) in [5.41, 5.74) is 14.7. The van der Waals surface area contributed by atoms with E-state index in [0.717, 1.165) is 95.0 Å². The van der Waals surface area contributed by atoms with Crippen molar-refractivity contribution in [1.29, 1.82) is 0 Å². The van der Waals surface area contributed by atoms with Crippen molar-refractivity contribution >= 4 is 10.8 Å². The van der Waals surface area contributed by atoms with Gasteiger partial charge in [0.25, 0.3) is 0 Å². The number of fused-ring (bicyclic) bond motifs is 1. The lowest BCUT2D eigenvalue weighted by Crippen LogP contribution is -1.95. The van der Waals surface area contributed by atoms with Crippen molar-refractivity contribution in [1.82, 2.24) is 24.9 Å². The fraction of sp³-hybridized carbons (Fsp3) is 0. The van der Waals surface area contributed by atoms with Gasteiger partial charge in [0.1, 0.15) is 0 Å². The topological polar surface area (TPSA) is 64.5 Å². The molecule has 0 unspecified atom stereocenters. The van der Waals surface area contributed by atoms with Gasteiger partial charge < -0.3 is 0 Å². The maximum Gasteiger partial charge on any atom is 0.160 e. The molecule has 10 aromatic rings. The van der Waals surface area contributed by atoms with Gasteiger partial charge in [-0.15, -0.1) is 0 Å². The number of nitrogens with zero attached hydrogens (tertiary/aromatic N) is 5. The molecule has 58 heavy (non-hydrogen) atoms. The number of hydrogen-bond acceptors (Lipinski definition) is 5. The Balaban J connectivity index is 0.913. The van der Waals surface area contributed by atoms with Crippen LogP contribution in [0, 0.1) is 0 Å². The molecule has 0 aliphatic carbocycles. The van der Waals surface area contributed by atoms with Gasteiger partial charge in [-0.25, -0.2) is 15.0 Å². The Bertz CT molecular complexity index is 2950. The predicted octanol–water partition coefficient (Wildman–Crippen LogP) is 13.2. The number of rotatable bonds is 8. The van der Waals surface area contributed by atoms with Crippen LogP contribution < -0.4 is 0 Å². The van der Waals surface area contributed by atoms with Gasteiger partial charge in [-0.05, 0) is 63.5 Å². The Morgan fingerprint density at radius 2 is 0.672 bits per heavy atom. The van der Waals surface area contributed by atoms with Crippen molar-refractivity contribution in [3.63, 3.8) is 0 Å². The third-order valence-electron chi connectivity index (χ3n) is 10.4. The Kier molecular flexibility index (Phi) is 9.14. The van der Waals surface area contributed by atoms with E-state index in [2.05, 4.69) is 133 Å². The molecule has 4 aromatic heterocycles. The van der Waals surface area contributed by atoms with Crippen molar-refractivity contribution in [2.24, 2.45) is 0 Å². The second-order valence-corrected chi connectivity index (χ2v) is 14.2. The van der Waals surface area contributed by atoms with Crippen molar-refractivity contribution in [2.45, 2.75) is 0 Å². The fourth-order valence-corrected chi connectivity index (χ4v) is 7.29. The summed E-state index contributed by atoms with van der Waals surface area (Å²) in [5.74, 6) is 0.708. The molecule has 0 aliphatic heterocycles. The average Bonchev–Trinajstić information content (AvgIpc) is 3.32. The molecule has 0 atom stereocenters. The van der Waals surface area contributed by atoms with E-state index in [-0.39, 0.29) is 0 Å². The zero-order valence-electron chi connectivity index (χ0n) is 31.4. The summed E-state index contributed by atoms with van der Waals surface area (Å²) in [5, 5.41) is 2.23. The largest absolute Gasteiger partial charge is 0.254 e. The fourth-order valence-electron chi connectivity index (χ4n) is 7.29. The maximum absolute atomic E-state index is 5.08. The molecule has 0 amide bonds. The van der Waals surface area contributed by atoms with E-state index >= 15 is 0 Å². The first-order valence-corrected chi connectivity index (χ1v) is 19.3. The van der Waals surface area contributed by atoms with E-state index in [1.165, 1.54) is 0 Å². The predicted molar refractivity (Wildman–Crippen MR) is 236 cm³/mol. The Morgan fingerprint density at radius 1 is 0.224 bits per heavy atom. The molecule has 0 saturated carbocycles. The summed E-state index contributed by atoms with van der Waals surface area (Å²) in [4.78, 5) is 24.7. The second kappa shape index (κ2) is 15.3. The van der Waals surface area contributed by atoms with E-state index in [1.807, 2.05) is 79.1 Å². The maximum atomic E-state index is 5.08. The lowest BCUT2D eigenvalue weighted by molar-refractivity contribution is 1.18. The highest BCUT2D eigenvalue weighted by atomic mass is 14.9. The van der Waals surface area contributed by atoms with Crippen LogP contribution in [-0.4, -0.2) is 24.9 Å². The molecule has 0 bridgehead atoms. The van der Waals surface area contributed by atoms with E-state index in [4.69, 9.17) is 24.9 Å². The van der Waals surface area contributed by atoms with Crippen molar-refractivity contribution < 1.29 is 0 Å². The average molecular weight is 742 g/mol. The van der Waals surface area contributed by atoms with E-state index in [1.54, 1.807) is 0 Å². The van der Waals surface area contributed by atoms with Gasteiger partial charge in [0.15, 0.2) is 5.82 Å². The quantitative estimate of drug-likeness (QED) is 0.155. The van der Waals surface area contributed by atoms with Gasteiger partial charge in [-0.1, -0.05) is 170 Å². The first kappa shape index (κ1) is 34.6. The molecule has 0 aliphatic rings. The number of aromatic nitrogens is 5. The highest BCUT2D eigenvalue weighted by Gasteiger charge is 2.14. The van der Waals surface area contributed by atoms with Gasteiger partial charge in [0.2, 0.25) is 0 Å². The first-order chi connectivity index (χ1) is 28.7. The van der Waals surface area contributed by atoms with E-state index in [0.29, 0.717) is 5.82 Å². The molecule has 6 aromatic carbocycles. The van der Waals surface area contributed by atoms with E-state index < -0.39 is 0 Å². The van der Waals surface area contributed by atoms with Crippen LogP contribution in [0.3, 0.4) is 0 Å². The van der Waals surface area contributed by atoms with Gasteiger partial charge in [-0.3, -0.25) is 9.97 Å². The van der Waals surface area contributed by atoms with Crippen molar-refractivity contribution in [3.05, 3.63) is 213 Å². The summed E-state index contributed by atoms with van der Waals surface area (Å²) in [6.45, 7) is 0. The Labute approximate surface area is 337 Å². The van der Waals surface area contributed by atoms with Gasteiger partial charge >= 0.3 is 0 Å². The van der Waals surface area contributed by atoms with Gasteiger partial charge in [-0.2, -0.15) is 0 Å². The van der Waals surface area contributed by atoms with Crippen LogP contribution in [0.4, 0.5) is 0 Å². The Morgan fingerprint density at radius 3 is 1.28 bits per heavy atom. The lowest BCUT2D eigenvalue weighted by atomic mass is 9.99. The summed E-state index contributed by atoms with van der Waals surface area (Å²) in [6.07, 6.45) is 3.84. The highest BCUT2D eigenvalue weighted by Crippen LogP contribution is 2.33. The smallest absolute Gasteiger partial charge is 0.160 e. The Hall–Kier alpha value is -7.89. The van der Waals surface area contributed by atoms with Gasteiger partial charge in [0, 0.05) is 40.0 Å². The van der Waals surface area contributed by atoms with Crippen LogP contribution in [0.1, 0.15) is 0 Å². The first-order valence-electron chi connectivity index (χ1n) is 19.3. The highest BCUT2D eigenvalue weighted by molar-refractivity contribution is 5.86. The molecule has 5 heteroatoms. The van der Waals surface area contributed by atoms with Crippen molar-refractivity contribution in [3.8, 4) is 90.1 Å². The number of benzene rings is 6. The van der Waals surface area contributed by atoms with Crippen molar-refractivity contribution in [2.75, 3.05) is 0 Å². The molecular weight excluding hydrogens is 707 g/mol. The molecule has 0 N–H and O–H groups in total. The van der Waals surface area contributed by atoms with Gasteiger partial charge in [0.05, 0.1) is 34.2 Å².